The Morgan fingerprint density at radius 2 is 2.20 bits per heavy atom. The zero-order valence-corrected chi connectivity index (χ0v) is 11.5. The quantitative estimate of drug-likeness (QED) is 0.736. The Balaban J connectivity index is 1.90. The van der Waals surface area contributed by atoms with Gasteiger partial charge < -0.3 is 14.6 Å². The molecule has 3 heterocycles. The van der Waals surface area contributed by atoms with Gasteiger partial charge in [-0.2, -0.15) is 0 Å². The Hall–Kier alpha value is -1.91. The van der Waals surface area contributed by atoms with Crippen molar-refractivity contribution in [1.29, 1.82) is 0 Å². The number of hydrogen-bond donors (Lipinski definition) is 1. The van der Waals surface area contributed by atoms with E-state index in [0.29, 0.717) is 6.04 Å². The molecule has 1 aliphatic rings. The van der Waals surface area contributed by atoms with Gasteiger partial charge in [-0.3, -0.25) is 4.98 Å². The van der Waals surface area contributed by atoms with Gasteiger partial charge in [-0.25, -0.2) is 0 Å². The average molecular weight is 267 g/mol. The second-order valence-corrected chi connectivity index (χ2v) is 5.31. The minimum Gasteiger partial charge on any atom is -0.378 e. The third kappa shape index (κ3) is 1.72. The van der Waals surface area contributed by atoms with Crippen LogP contribution in [0.15, 0.2) is 36.7 Å². The summed E-state index contributed by atoms with van der Waals surface area (Å²) < 4.78 is 7.79. The summed E-state index contributed by atoms with van der Waals surface area (Å²) in [6.45, 7) is 2.47. The molecule has 1 atom stereocenters. The van der Waals surface area contributed by atoms with Crippen LogP contribution in [-0.2, 0) is 11.8 Å². The van der Waals surface area contributed by atoms with Crippen molar-refractivity contribution in [2.75, 3.05) is 19.8 Å². The zero-order valence-electron chi connectivity index (χ0n) is 11.5. The first-order valence-electron chi connectivity index (χ1n) is 6.98. The van der Waals surface area contributed by atoms with E-state index in [1.807, 2.05) is 12.4 Å². The van der Waals surface area contributed by atoms with E-state index in [-0.39, 0.29) is 0 Å². The van der Waals surface area contributed by atoms with Crippen LogP contribution in [0.2, 0.25) is 0 Å². The van der Waals surface area contributed by atoms with Crippen molar-refractivity contribution in [2.24, 2.45) is 7.05 Å². The lowest BCUT2D eigenvalue weighted by molar-refractivity contribution is 0.0769. The van der Waals surface area contributed by atoms with E-state index in [0.717, 1.165) is 19.8 Å². The molecule has 1 fully saturated rings. The Bertz CT molecular complexity index is 772. The number of aromatic nitrogens is 2. The largest absolute Gasteiger partial charge is 0.378 e. The van der Waals surface area contributed by atoms with E-state index in [2.05, 4.69) is 46.2 Å². The first kappa shape index (κ1) is 11.9. The summed E-state index contributed by atoms with van der Waals surface area (Å²) in [6, 6.07) is 9.02. The minimum atomic E-state index is 0.296. The Kier molecular flexibility index (Phi) is 2.72. The number of nitrogens with zero attached hydrogens (tertiary/aromatic N) is 2. The molecule has 0 aliphatic carbocycles. The van der Waals surface area contributed by atoms with Gasteiger partial charge in [0.2, 0.25) is 0 Å². The van der Waals surface area contributed by atoms with Crippen LogP contribution in [0.5, 0.6) is 0 Å². The van der Waals surface area contributed by atoms with E-state index in [1.165, 1.54) is 27.4 Å². The molecule has 1 N–H and O–H groups in total. The molecule has 4 nitrogen and oxygen atoms in total. The van der Waals surface area contributed by atoms with Gasteiger partial charge in [-0.05, 0) is 17.7 Å². The number of ether oxygens (including phenoxy) is 1. The van der Waals surface area contributed by atoms with Crippen molar-refractivity contribution >= 4 is 21.8 Å². The number of hydrogen-bond acceptors (Lipinski definition) is 3. The molecule has 1 aliphatic heterocycles. The van der Waals surface area contributed by atoms with Gasteiger partial charge in [0.1, 0.15) is 0 Å². The van der Waals surface area contributed by atoms with Gasteiger partial charge in [0.25, 0.3) is 0 Å². The molecule has 1 unspecified atom stereocenters. The van der Waals surface area contributed by atoms with Crippen LogP contribution in [0.1, 0.15) is 11.6 Å². The van der Waals surface area contributed by atoms with Gasteiger partial charge in [0, 0.05) is 42.3 Å². The lowest BCUT2D eigenvalue weighted by Gasteiger charge is -2.24. The van der Waals surface area contributed by atoms with E-state index < -0.39 is 0 Å². The van der Waals surface area contributed by atoms with E-state index in [4.69, 9.17) is 4.74 Å². The summed E-state index contributed by atoms with van der Waals surface area (Å²) >= 11 is 0. The smallest absolute Gasteiger partial charge is 0.0662 e. The van der Waals surface area contributed by atoms with Crippen molar-refractivity contribution in [1.82, 2.24) is 14.9 Å². The van der Waals surface area contributed by atoms with Crippen molar-refractivity contribution in [3.8, 4) is 0 Å². The average Bonchev–Trinajstić information content (AvgIpc) is 2.81. The van der Waals surface area contributed by atoms with Crippen molar-refractivity contribution in [3.05, 3.63) is 42.2 Å². The molecule has 0 saturated carbocycles. The summed E-state index contributed by atoms with van der Waals surface area (Å²) in [5, 5.41) is 5.98. The number of aryl methyl sites for hydroxylation is 1. The highest BCUT2D eigenvalue weighted by atomic mass is 16.5. The van der Waals surface area contributed by atoms with Crippen LogP contribution in [0, 0.1) is 0 Å². The fourth-order valence-electron chi connectivity index (χ4n) is 3.07. The van der Waals surface area contributed by atoms with Crippen molar-refractivity contribution < 1.29 is 4.74 Å². The molecule has 102 valence electrons. The monoisotopic (exact) mass is 267 g/mol. The number of morpholine rings is 1. The van der Waals surface area contributed by atoms with E-state index >= 15 is 0 Å². The van der Waals surface area contributed by atoms with Gasteiger partial charge in [0.15, 0.2) is 0 Å². The molecular formula is C16H17N3O. The normalized spacial score (nSPS) is 19.8. The predicted octanol–water partition coefficient (Wildman–Crippen LogP) is 2.39. The molecule has 3 aromatic rings. The van der Waals surface area contributed by atoms with Crippen LogP contribution in [0.3, 0.4) is 0 Å². The van der Waals surface area contributed by atoms with Gasteiger partial charge >= 0.3 is 0 Å². The minimum absolute atomic E-state index is 0.296. The molecule has 0 bridgehead atoms. The molecule has 2 aromatic heterocycles. The molecule has 0 spiro atoms. The number of pyridine rings is 1. The molecular weight excluding hydrogens is 250 g/mol. The molecule has 1 aromatic carbocycles. The van der Waals surface area contributed by atoms with Crippen molar-refractivity contribution in [3.63, 3.8) is 0 Å². The second kappa shape index (κ2) is 4.58. The van der Waals surface area contributed by atoms with Gasteiger partial charge in [0.05, 0.1) is 24.8 Å². The molecule has 4 rings (SSSR count). The highest BCUT2D eigenvalue weighted by Crippen LogP contribution is 2.29. The number of fused-ring (bicyclic) bond motifs is 3. The Labute approximate surface area is 117 Å². The summed E-state index contributed by atoms with van der Waals surface area (Å²) in [6.07, 6.45) is 3.79. The number of rotatable bonds is 1. The standard InChI is InChI=1S/C16H17N3O/c1-19-15-4-5-17-9-13(15)12-3-2-11(8-16(12)19)14-10-20-7-6-18-14/h2-5,8-9,14,18H,6-7,10H2,1H3. The zero-order chi connectivity index (χ0) is 13.5. The number of nitrogens with one attached hydrogen (secondary N) is 1. The first-order valence-corrected chi connectivity index (χ1v) is 6.98. The highest BCUT2D eigenvalue weighted by molar-refractivity contribution is 6.07. The first-order chi connectivity index (χ1) is 9.84. The van der Waals surface area contributed by atoms with Crippen LogP contribution >= 0.6 is 0 Å². The Morgan fingerprint density at radius 1 is 1.25 bits per heavy atom. The molecule has 0 amide bonds. The summed E-state index contributed by atoms with van der Waals surface area (Å²) in [4.78, 5) is 4.24. The summed E-state index contributed by atoms with van der Waals surface area (Å²) in [5.41, 5.74) is 3.76. The highest BCUT2D eigenvalue weighted by Gasteiger charge is 2.17. The summed E-state index contributed by atoms with van der Waals surface area (Å²) in [7, 11) is 2.11. The van der Waals surface area contributed by atoms with Crippen LogP contribution in [0.4, 0.5) is 0 Å². The summed E-state index contributed by atoms with van der Waals surface area (Å²) in [5.74, 6) is 0. The predicted molar refractivity (Wildman–Crippen MR) is 79.8 cm³/mol. The van der Waals surface area contributed by atoms with E-state index in [1.54, 1.807) is 0 Å². The third-order valence-electron chi connectivity index (χ3n) is 4.16. The van der Waals surface area contributed by atoms with Crippen LogP contribution in [-0.4, -0.2) is 29.3 Å². The number of benzene rings is 1. The lowest BCUT2D eigenvalue weighted by atomic mass is 10.0. The third-order valence-corrected chi connectivity index (χ3v) is 4.16. The molecule has 4 heteroatoms. The fourth-order valence-corrected chi connectivity index (χ4v) is 3.07. The molecule has 20 heavy (non-hydrogen) atoms. The second-order valence-electron chi connectivity index (χ2n) is 5.31. The van der Waals surface area contributed by atoms with Crippen LogP contribution in [0.25, 0.3) is 21.8 Å². The topological polar surface area (TPSA) is 39.1 Å². The molecule has 0 radical (unpaired) electrons. The Morgan fingerprint density at radius 3 is 3.05 bits per heavy atom. The fraction of sp³-hybridized carbons (Fsp3) is 0.312. The SMILES string of the molecule is Cn1c2ccncc2c2ccc(C3COCCN3)cc21. The van der Waals surface area contributed by atoms with Crippen molar-refractivity contribution in [2.45, 2.75) is 6.04 Å². The maximum absolute atomic E-state index is 5.56. The van der Waals surface area contributed by atoms with Gasteiger partial charge in [-0.1, -0.05) is 12.1 Å². The van der Waals surface area contributed by atoms with E-state index in [9.17, 15) is 0 Å². The molecule has 1 saturated heterocycles. The lowest BCUT2D eigenvalue weighted by Crippen LogP contribution is -2.34. The maximum Gasteiger partial charge on any atom is 0.0662 e. The maximum atomic E-state index is 5.56. The van der Waals surface area contributed by atoms with Crippen LogP contribution < -0.4 is 5.32 Å². The van der Waals surface area contributed by atoms with Gasteiger partial charge in [-0.15, -0.1) is 0 Å².